The highest BCUT2D eigenvalue weighted by atomic mass is 32.2. The summed E-state index contributed by atoms with van der Waals surface area (Å²) in [5, 5.41) is 0. The molecule has 1 N–H and O–H groups in total. The molecule has 0 saturated carbocycles. The maximum Gasteiger partial charge on any atom is 0.294 e. The largest absolute Gasteiger partial charge is 0.294 e. The molecule has 0 aliphatic heterocycles. The molecule has 0 fully saturated rings. The van der Waals surface area contributed by atoms with Gasteiger partial charge in [0.2, 0.25) is 0 Å². The van der Waals surface area contributed by atoms with Crippen LogP contribution in [0.1, 0.15) is 59.4 Å². The summed E-state index contributed by atoms with van der Waals surface area (Å²) in [6.45, 7) is 11.1. The SMILES string of the molecule is CCC(C)(C)CC(C)(CC)c1ccc(S(=O)(=O)O)cc1. The van der Waals surface area contributed by atoms with E-state index in [2.05, 4.69) is 34.6 Å². The van der Waals surface area contributed by atoms with Crippen LogP contribution in [0.5, 0.6) is 0 Å². The van der Waals surface area contributed by atoms with Gasteiger partial charge in [-0.15, -0.1) is 0 Å². The lowest BCUT2D eigenvalue weighted by atomic mass is 9.68. The third-order valence-electron chi connectivity index (χ3n) is 4.46. The molecule has 0 aliphatic rings. The third kappa shape index (κ3) is 4.06. The summed E-state index contributed by atoms with van der Waals surface area (Å²) in [6.07, 6.45) is 3.13. The van der Waals surface area contributed by atoms with Crippen LogP contribution in [-0.2, 0) is 15.5 Å². The van der Waals surface area contributed by atoms with Crippen molar-refractivity contribution in [3.63, 3.8) is 0 Å². The predicted octanol–water partition coefficient (Wildman–Crippen LogP) is 4.43. The first-order valence-electron chi connectivity index (χ1n) is 7.12. The van der Waals surface area contributed by atoms with Gasteiger partial charge < -0.3 is 0 Å². The monoisotopic (exact) mass is 298 g/mol. The zero-order valence-electron chi connectivity index (χ0n) is 13.1. The Balaban J connectivity index is 3.13. The predicted molar refractivity (Wildman–Crippen MR) is 82.6 cm³/mol. The minimum absolute atomic E-state index is 0.0112. The van der Waals surface area contributed by atoms with E-state index in [1.807, 2.05) is 12.1 Å². The van der Waals surface area contributed by atoms with E-state index in [9.17, 15) is 8.42 Å². The molecule has 114 valence electrons. The maximum atomic E-state index is 11.1. The molecule has 0 aliphatic carbocycles. The van der Waals surface area contributed by atoms with Gasteiger partial charge in [0.15, 0.2) is 0 Å². The Morgan fingerprint density at radius 2 is 1.50 bits per heavy atom. The summed E-state index contributed by atoms with van der Waals surface area (Å²) in [5.74, 6) is 0. The van der Waals surface area contributed by atoms with Crippen molar-refractivity contribution in [3.05, 3.63) is 29.8 Å². The van der Waals surface area contributed by atoms with E-state index in [1.165, 1.54) is 12.1 Å². The van der Waals surface area contributed by atoms with Gasteiger partial charge in [0, 0.05) is 0 Å². The average molecular weight is 298 g/mol. The Morgan fingerprint density at radius 3 is 1.85 bits per heavy atom. The van der Waals surface area contributed by atoms with Crippen LogP contribution >= 0.6 is 0 Å². The number of rotatable bonds is 6. The lowest BCUT2D eigenvalue weighted by Crippen LogP contribution is -2.28. The number of hydrogen-bond acceptors (Lipinski definition) is 2. The van der Waals surface area contributed by atoms with Gasteiger partial charge in [0.1, 0.15) is 0 Å². The van der Waals surface area contributed by atoms with Crippen LogP contribution < -0.4 is 0 Å². The normalized spacial score (nSPS) is 15.9. The van der Waals surface area contributed by atoms with Crippen molar-refractivity contribution < 1.29 is 13.0 Å². The van der Waals surface area contributed by atoms with Crippen LogP contribution in [-0.4, -0.2) is 13.0 Å². The maximum absolute atomic E-state index is 11.1. The summed E-state index contributed by atoms with van der Waals surface area (Å²) in [6, 6.07) is 6.60. The molecule has 0 amide bonds. The van der Waals surface area contributed by atoms with E-state index in [0.717, 1.165) is 24.8 Å². The fourth-order valence-electron chi connectivity index (χ4n) is 2.64. The number of benzene rings is 1. The first-order chi connectivity index (χ1) is 9.04. The van der Waals surface area contributed by atoms with E-state index in [0.29, 0.717) is 0 Å². The van der Waals surface area contributed by atoms with Crippen LogP contribution in [0.4, 0.5) is 0 Å². The van der Waals surface area contributed by atoms with Gasteiger partial charge in [0.25, 0.3) is 10.1 Å². The lowest BCUT2D eigenvalue weighted by Gasteiger charge is -2.37. The van der Waals surface area contributed by atoms with E-state index < -0.39 is 10.1 Å². The lowest BCUT2D eigenvalue weighted by molar-refractivity contribution is 0.230. The fraction of sp³-hybridized carbons (Fsp3) is 0.625. The molecule has 0 aromatic heterocycles. The van der Waals surface area contributed by atoms with E-state index in [4.69, 9.17) is 4.55 Å². The smallest absolute Gasteiger partial charge is 0.282 e. The summed E-state index contributed by atoms with van der Waals surface area (Å²) in [5.41, 5.74) is 1.37. The van der Waals surface area contributed by atoms with Crippen LogP contribution in [0.15, 0.2) is 29.2 Å². The Labute approximate surface area is 123 Å². The Morgan fingerprint density at radius 1 is 1.00 bits per heavy atom. The van der Waals surface area contributed by atoms with E-state index in [1.54, 1.807) is 0 Å². The average Bonchev–Trinajstić information content (AvgIpc) is 2.37. The van der Waals surface area contributed by atoms with Crippen LogP contribution in [0.25, 0.3) is 0 Å². The molecule has 0 spiro atoms. The molecule has 0 bridgehead atoms. The molecule has 3 nitrogen and oxygen atoms in total. The van der Waals surface area contributed by atoms with Crippen molar-refractivity contribution in [1.29, 1.82) is 0 Å². The highest BCUT2D eigenvalue weighted by Crippen LogP contribution is 2.41. The highest BCUT2D eigenvalue weighted by molar-refractivity contribution is 7.85. The Hall–Kier alpha value is -0.870. The zero-order chi connectivity index (χ0) is 15.6. The van der Waals surface area contributed by atoms with Crippen molar-refractivity contribution in [2.45, 2.75) is 64.2 Å². The second-order valence-corrected chi connectivity index (χ2v) is 8.03. The van der Waals surface area contributed by atoms with Crippen LogP contribution in [0.3, 0.4) is 0 Å². The molecular weight excluding hydrogens is 272 g/mol. The standard InChI is InChI=1S/C16H26O3S/c1-6-15(3,4)12-16(5,7-2)13-8-10-14(11-9-13)20(17,18)19/h8-11H,6-7,12H2,1-5H3,(H,17,18,19). The molecule has 20 heavy (non-hydrogen) atoms. The molecule has 0 radical (unpaired) electrons. The van der Waals surface area contributed by atoms with Gasteiger partial charge in [-0.2, -0.15) is 8.42 Å². The summed E-state index contributed by atoms with van der Waals surface area (Å²) < 4.78 is 31.2. The first-order valence-corrected chi connectivity index (χ1v) is 8.56. The molecule has 0 saturated heterocycles. The van der Waals surface area contributed by atoms with Gasteiger partial charge >= 0.3 is 0 Å². The molecule has 1 aromatic rings. The Kier molecular flexibility index (Phi) is 5.03. The van der Waals surface area contributed by atoms with Crippen molar-refractivity contribution in [2.75, 3.05) is 0 Å². The van der Waals surface area contributed by atoms with E-state index in [-0.39, 0.29) is 15.7 Å². The molecule has 1 atom stereocenters. The molecule has 1 unspecified atom stereocenters. The van der Waals surface area contributed by atoms with Gasteiger partial charge in [-0.1, -0.05) is 53.2 Å². The van der Waals surface area contributed by atoms with Crippen molar-refractivity contribution in [3.8, 4) is 0 Å². The molecule has 1 aromatic carbocycles. The second kappa shape index (κ2) is 5.86. The molecular formula is C16H26O3S. The van der Waals surface area contributed by atoms with Crippen LogP contribution in [0.2, 0.25) is 0 Å². The second-order valence-electron chi connectivity index (χ2n) is 6.61. The van der Waals surface area contributed by atoms with Crippen molar-refractivity contribution >= 4 is 10.1 Å². The Bertz CT molecular complexity index is 544. The van der Waals surface area contributed by atoms with Gasteiger partial charge in [-0.25, -0.2) is 0 Å². The highest BCUT2D eigenvalue weighted by Gasteiger charge is 2.31. The molecule has 4 heteroatoms. The molecule has 1 rings (SSSR count). The van der Waals surface area contributed by atoms with Crippen molar-refractivity contribution in [1.82, 2.24) is 0 Å². The topological polar surface area (TPSA) is 54.4 Å². The van der Waals surface area contributed by atoms with Crippen molar-refractivity contribution in [2.24, 2.45) is 5.41 Å². The van der Waals surface area contributed by atoms with Gasteiger partial charge in [-0.3, -0.25) is 4.55 Å². The van der Waals surface area contributed by atoms with Gasteiger partial charge in [0.05, 0.1) is 4.90 Å². The fourth-order valence-corrected chi connectivity index (χ4v) is 3.12. The minimum Gasteiger partial charge on any atom is -0.282 e. The van der Waals surface area contributed by atoms with Crippen LogP contribution in [0, 0.1) is 5.41 Å². The summed E-state index contributed by atoms with van der Waals surface area (Å²) in [4.78, 5) is -0.0468. The van der Waals surface area contributed by atoms with Gasteiger partial charge in [-0.05, 0) is 41.4 Å². The molecule has 0 heterocycles. The minimum atomic E-state index is -4.11. The zero-order valence-corrected chi connectivity index (χ0v) is 13.9. The summed E-state index contributed by atoms with van der Waals surface area (Å²) in [7, 11) is -4.11. The van der Waals surface area contributed by atoms with E-state index >= 15 is 0 Å². The third-order valence-corrected chi connectivity index (χ3v) is 5.32. The summed E-state index contributed by atoms with van der Waals surface area (Å²) >= 11 is 0. The number of hydrogen-bond donors (Lipinski definition) is 1. The quantitative estimate of drug-likeness (QED) is 0.791. The first kappa shape index (κ1) is 17.2.